The molecule has 0 unspecified atom stereocenters. The number of anilines is 1. The number of carbonyl (C=O) groups is 1. The Balaban J connectivity index is 0.00000126. The lowest BCUT2D eigenvalue weighted by atomic mass is 10.2. The fourth-order valence-electron chi connectivity index (χ4n) is 2.41. The van der Waals surface area contributed by atoms with Crippen LogP contribution in [0.1, 0.15) is 29.8 Å². The van der Waals surface area contributed by atoms with Crippen molar-refractivity contribution in [3.63, 3.8) is 0 Å². The summed E-state index contributed by atoms with van der Waals surface area (Å²) in [7, 11) is 1.54. The second-order valence-electron chi connectivity index (χ2n) is 5.60. The zero-order valence-corrected chi connectivity index (χ0v) is 16.2. The summed E-state index contributed by atoms with van der Waals surface area (Å²) >= 11 is 0. The van der Waals surface area contributed by atoms with Crippen LogP contribution in [0, 0.1) is 6.92 Å². The van der Waals surface area contributed by atoms with Gasteiger partial charge in [0.15, 0.2) is 0 Å². The molecule has 3 rings (SSSR count). The van der Waals surface area contributed by atoms with Gasteiger partial charge in [0.25, 0.3) is 5.91 Å². The maximum absolute atomic E-state index is 12.5. The molecule has 1 N–H and O–H groups in total. The molecule has 140 valence electrons. The van der Waals surface area contributed by atoms with Gasteiger partial charge in [-0.1, -0.05) is 49.7 Å². The van der Waals surface area contributed by atoms with Crippen molar-refractivity contribution in [1.82, 2.24) is 0 Å². The normalized spacial score (nSPS) is 9.63. The molecule has 0 radical (unpaired) electrons. The van der Waals surface area contributed by atoms with Gasteiger partial charge in [-0.15, -0.1) is 0 Å². The molecule has 0 aliphatic heterocycles. The Bertz CT molecular complexity index is 873. The first-order valence-corrected chi connectivity index (χ1v) is 8.94. The summed E-state index contributed by atoms with van der Waals surface area (Å²) in [5.74, 6) is 1.71. The van der Waals surface area contributed by atoms with Gasteiger partial charge in [-0.25, -0.2) is 0 Å². The Morgan fingerprint density at radius 1 is 0.852 bits per heavy atom. The lowest BCUT2D eigenvalue weighted by molar-refractivity contribution is 0.102. The quantitative estimate of drug-likeness (QED) is 0.598. The maximum atomic E-state index is 12.5. The Morgan fingerprint density at radius 2 is 1.56 bits per heavy atom. The fraction of sp³-hybridized carbons (Fsp3) is 0.174. The first-order chi connectivity index (χ1) is 13.2. The number of aryl methyl sites for hydroxylation is 1. The van der Waals surface area contributed by atoms with Crippen LogP contribution in [-0.2, 0) is 0 Å². The van der Waals surface area contributed by atoms with Crippen LogP contribution in [0.4, 0.5) is 5.69 Å². The van der Waals surface area contributed by atoms with E-state index in [2.05, 4.69) is 5.32 Å². The van der Waals surface area contributed by atoms with Crippen molar-refractivity contribution in [1.29, 1.82) is 0 Å². The number of carbonyl (C=O) groups excluding carboxylic acids is 1. The summed E-state index contributed by atoms with van der Waals surface area (Å²) in [6.07, 6.45) is 0. The highest BCUT2D eigenvalue weighted by molar-refractivity contribution is 6.06. The van der Waals surface area contributed by atoms with Crippen molar-refractivity contribution in [2.24, 2.45) is 0 Å². The van der Waals surface area contributed by atoms with Gasteiger partial charge in [0, 0.05) is 11.8 Å². The van der Waals surface area contributed by atoms with Crippen molar-refractivity contribution in [2.45, 2.75) is 20.8 Å². The summed E-state index contributed by atoms with van der Waals surface area (Å²) in [6, 6.07) is 22.2. The van der Waals surface area contributed by atoms with E-state index < -0.39 is 0 Å². The number of ether oxygens (including phenoxy) is 2. The first-order valence-electron chi connectivity index (χ1n) is 8.94. The number of para-hydroxylation sites is 1. The minimum atomic E-state index is -0.232. The van der Waals surface area contributed by atoms with Gasteiger partial charge in [0.2, 0.25) is 0 Å². The zero-order valence-electron chi connectivity index (χ0n) is 16.2. The number of benzene rings is 3. The van der Waals surface area contributed by atoms with E-state index in [1.54, 1.807) is 31.4 Å². The minimum Gasteiger partial charge on any atom is -0.496 e. The van der Waals surface area contributed by atoms with E-state index in [1.807, 2.05) is 69.3 Å². The first kappa shape index (κ1) is 20.0. The van der Waals surface area contributed by atoms with E-state index in [9.17, 15) is 4.79 Å². The largest absolute Gasteiger partial charge is 0.496 e. The number of hydrogen-bond donors (Lipinski definition) is 1. The van der Waals surface area contributed by atoms with E-state index in [4.69, 9.17) is 9.47 Å². The minimum absolute atomic E-state index is 0.232. The molecule has 0 aliphatic carbocycles. The van der Waals surface area contributed by atoms with Crippen LogP contribution in [0.25, 0.3) is 0 Å². The molecule has 3 aromatic rings. The van der Waals surface area contributed by atoms with E-state index in [1.165, 1.54) is 5.56 Å². The van der Waals surface area contributed by atoms with Crippen LogP contribution in [-0.4, -0.2) is 13.0 Å². The number of rotatable bonds is 5. The predicted molar refractivity (Wildman–Crippen MR) is 110 cm³/mol. The van der Waals surface area contributed by atoms with Crippen molar-refractivity contribution in [2.75, 3.05) is 12.4 Å². The summed E-state index contributed by atoms with van der Waals surface area (Å²) in [4.78, 5) is 12.5. The highest BCUT2D eigenvalue weighted by Gasteiger charge is 2.12. The Kier molecular flexibility index (Phi) is 7.44. The van der Waals surface area contributed by atoms with Gasteiger partial charge >= 0.3 is 0 Å². The molecule has 4 nitrogen and oxygen atoms in total. The third-order valence-corrected chi connectivity index (χ3v) is 3.70. The molecule has 0 saturated carbocycles. The van der Waals surface area contributed by atoms with Crippen LogP contribution in [0.5, 0.6) is 17.2 Å². The summed E-state index contributed by atoms with van der Waals surface area (Å²) in [5.41, 5.74) is 2.31. The standard InChI is InChI=1S/C21H19NO3.C2H6/c1-15-10-12-17(13-11-15)25-18-7-5-6-16(14-18)22-21(23)19-8-3-4-9-20(19)24-2;1-2/h3-14H,1-2H3,(H,22,23);1-2H3. The molecule has 0 saturated heterocycles. The lowest BCUT2D eigenvalue weighted by Gasteiger charge is -2.11. The molecule has 3 aromatic carbocycles. The van der Waals surface area contributed by atoms with E-state index in [0.717, 1.165) is 5.75 Å². The SMILES string of the molecule is CC.COc1ccccc1C(=O)Nc1cccc(Oc2ccc(C)cc2)c1. The second-order valence-corrected chi connectivity index (χ2v) is 5.60. The molecule has 1 amide bonds. The molecule has 0 heterocycles. The molecule has 0 aromatic heterocycles. The average Bonchev–Trinajstić information content (AvgIpc) is 2.71. The maximum Gasteiger partial charge on any atom is 0.259 e. The third-order valence-electron chi connectivity index (χ3n) is 3.70. The lowest BCUT2D eigenvalue weighted by Crippen LogP contribution is -2.13. The van der Waals surface area contributed by atoms with Crippen LogP contribution < -0.4 is 14.8 Å². The topological polar surface area (TPSA) is 47.6 Å². The Hall–Kier alpha value is -3.27. The Labute approximate surface area is 160 Å². The fourth-order valence-corrected chi connectivity index (χ4v) is 2.41. The van der Waals surface area contributed by atoms with Crippen molar-refractivity contribution in [3.05, 3.63) is 83.9 Å². The van der Waals surface area contributed by atoms with E-state index in [-0.39, 0.29) is 5.91 Å². The second kappa shape index (κ2) is 10.0. The molecule has 0 aliphatic rings. The highest BCUT2D eigenvalue weighted by atomic mass is 16.5. The molecule has 0 fully saturated rings. The predicted octanol–water partition coefficient (Wildman–Crippen LogP) is 6.07. The van der Waals surface area contributed by atoms with Gasteiger partial charge in [-0.3, -0.25) is 4.79 Å². The molecular weight excluding hydrogens is 338 g/mol. The van der Waals surface area contributed by atoms with Crippen LogP contribution in [0.15, 0.2) is 72.8 Å². The van der Waals surface area contributed by atoms with Gasteiger partial charge in [0.1, 0.15) is 17.2 Å². The molecule has 0 spiro atoms. The van der Waals surface area contributed by atoms with E-state index >= 15 is 0 Å². The molecule has 27 heavy (non-hydrogen) atoms. The molecule has 0 bridgehead atoms. The van der Waals surface area contributed by atoms with E-state index in [0.29, 0.717) is 22.7 Å². The van der Waals surface area contributed by atoms with Gasteiger partial charge in [0.05, 0.1) is 12.7 Å². The van der Waals surface area contributed by atoms with Gasteiger partial charge in [-0.05, 0) is 43.3 Å². The number of nitrogens with one attached hydrogen (secondary N) is 1. The zero-order chi connectivity index (χ0) is 19.6. The molecular formula is C23H25NO3. The third kappa shape index (κ3) is 5.61. The summed E-state index contributed by atoms with van der Waals surface area (Å²) in [6.45, 7) is 6.03. The van der Waals surface area contributed by atoms with Crippen LogP contribution >= 0.6 is 0 Å². The summed E-state index contributed by atoms with van der Waals surface area (Å²) in [5, 5.41) is 2.87. The smallest absolute Gasteiger partial charge is 0.259 e. The van der Waals surface area contributed by atoms with Crippen LogP contribution in [0.3, 0.4) is 0 Å². The van der Waals surface area contributed by atoms with Crippen molar-refractivity contribution in [3.8, 4) is 17.2 Å². The number of methoxy groups -OCH3 is 1. The number of amides is 1. The van der Waals surface area contributed by atoms with Crippen molar-refractivity contribution >= 4 is 11.6 Å². The monoisotopic (exact) mass is 363 g/mol. The van der Waals surface area contributed by atoms with Gasteiger partial charge in [-0.2, -0.15) is 0 Å². The average molecular weight is 363 g/mol. The number of hydrogen-bond acceptors (Lipinski definition) is 3. The highest BCUT2D eigenvalue weighted by Crippen LogP contribution is 2.25. The van der Waals surface area contributed by atoms with Crippen LogP contribution in [0.2, 0.25) is 0 Å². The molecule has 0 atom stereocenters. The summed E-state index contributed by atoms with van der Waals surface area (Å²) < 4.78 is 11.1. The van der Waals surface area contributed by atoms with Gasteiger partial charge < -0.3 is 14.8 Å². The Morgan fingerprint density at radius 3 is 2.26 bits per heavy atom. The van der Waals surface area contributed by atoms with Crippen molar-refractivity contribution < 1.29 is 14.3 Å². The molecule has 4 heteroatoms.